The summed E-state index contributed by atoms with van der Waals surface area (Å²) in [6.07, 6.45) is -2.65. The SMILES string of the molecule is CCOC(=O)Cc1cc(CN)c(C(F)F)nc1C. The van der Waals surface area contributed by atoms with Crippen molar-refractivity contribution in [2.45, 2.75) is 33.2 Å². The van der Waals surface area contributed by atoms with Gasteiger partial charge < -0.3 is 10.5 Å². The summed E-state index contributed by atoms with van der Waals surface area (Å²) in [6, 6.07) is 1.50. The topological polar surface area (TPSA) is 65.2 Å². The highest BCUT2D eigenvalue weighted by molar-refractivity contribution is 5.73. The number of halogens is 2. The minimum atomic E-state index is -2.67. The molecule has 2 N–H and O–H groups in total. The lowest BCUT2D eigenvalue weighted by Gasteiger charge is -2.11. The van der Waals surface area contributed by atoms with Crippen molar-refractivity contribution in [2.24, 2.45) is 5.73 Å². The van der Waals surface area contributed by atoms with Crippen LogP contribution in [-0.4, -0.2) is 17.6 Å². The van der Waals surface area contributed by atoms with E-state index in [0.29, 0.717) is 11.3 Å². The fraction of sp³-hybridized carbons (Fsp3) is 0.500. The molecule has 0 fully saturated rings. The summed E-state index contributed by atoms with van der Waals surface area (Å²) < 4.78 is 30.2. The Kier molecular flexibility index (Phi) is 5.15. The number of nitrogens with two attached hydrogens (primary N) is 1. The Morgan fingerprint density at radius 2 is 2.17 bits per heavy atom. The normalized spacial score (nSPS) is 10.8. The lowest BCUT2D eigenvalue weighted by atomic mass is 10.1. The second kappa shape index (κ2) is 6.39. The zero-order valence-corrected chi connectivity index (χ0v) is 10.4. The molecule has 0 atom stereocenters. The maximum Gasteiger partial charge on any atom is 0.310 e. The maximum absolute atomic E-state index is 12.7. The van der Waals surface area contributed by atoms with Gasteiger partial charge in [0.25, 0.3) is 6.43 Å². The van der Waals surface area contributed by atoms with E-state index >= 15 is 0 Å². The largest absolute Gasteiger partial charge is 0.466 e. The predicted octanol–water partition coefficient (Wildman–Crippen LogP) is 1.89. The summed E-state index contributed by atoms with van der Waals surface area (Å²) >= 11 is 0. The van der Waals surface area contributed by atoms with Crippen LogP contribution >= 0.6 is 0 Å². The lowest BCUT2D eigenvalue weighted by Crippen LogP contribution is -2.12. The quantitative estimate of drug-likeness (QED) is 0.819. The van der Waals surface area contributed by atoms with Gasteiger partial charge in [0, 0.05) is 12.2 Å². The first-order chi connectivity index (χ1) is 8.49. The van der Waals surface area contributed by atoms with Crippen molar-refractivity contribution in [1.82, 2.24) is 4.98 Å². The molecule has 0 radical (unpaired) electrons. The highest BCUT2D eigenvalue weighted by Gasteiger charge is 2.17. The number of aryl methyl sites for hydroxylation is 1. The van der Waals surface area contributed by atoms with E-state index in [-0.39, 0.29) is 30.8 Å². The number of ether oxygens (including phenoxy) is 1. The molecule has 6 heteroatoms. The van der Waals surface area contributed by atoms with E-state index < -0.39 is 12.4 Å². The van der Waals surface area contributed by atoms with E-state index in [1.165, 1.54) is 6.07 Å². The first kappa shape index (κ1) is 14.5. The number of aromatic nitrogens is 1. The van der Waals surface area contributed by atoms with Gasteiger partial charge >= 0.3 is 5.97 Å². The fourth-order valence-corrected chi connectivity index (χ4v) is 1.61. The van der Waals surface area contributed by atoms with Gasteiger partial charge in [-0.15, -0.1) is 0 Å². The summed E-state index contributed by atoms with van der Waals surface area (Å²) in [4.78, 5) is 15.2. The zero-order valence-electron chi connectivity index (χ0n) is 10.4. The number of nitrogens with zero attached hydrogens (tertiary/aromatic N) is 1. The molecule has 1 aromatic heterocycles. The highest BCUT2D eigenvalue weighted by Crippen LogP contribution is 2.23. The molecule has 0 bridgehead atoms. The number of pyridine rings is 1. The summed E-state index contributed by atoms with van der Waals surface area (Å²) in [6.45, 7) is 3.53. The molecule has 0 aromatic carbocycles. The Hall–Kier alpha value is -1.56. The second-order valence-corrected chi connectivity index (χ2v) is 3.76. The second-order valence-electron chi connectivity index (χ2n) is 3.76. The monoisotopic (exact) mass is 258 g/mol. The Balaban J connectivity index is 3.04. The van der Waals surface area contributed by atoms with Gasteiger partial charge in [-0.3, -0.25) is 9.78 Å². The molecular formula is C12H16F2N2O2. The van der Waals surface area contributed by atoms with Gasteiger partial charge in [-0.2, -0.15) is 0 Å². The van der Waals surface area contributed by atoms with Gasteiger partial charge in [-0.25, -0.2) is 8.78 Å². The van der Waals surface area contributed by atoms with Crippen molar-refractivity contribution < 1.29 is 18.3 Å². The number of rotatable bonds is 5. The summed E-state index contributed by atoms with van der Waals surface area (Å²) in [7, 11) is 0. The molecular weight excluding hydrogens is 242 g/mol. The van der Waals surface area contributed by atoms with Crippen molar-refractivity contribution in [3.8, 4) is 0 Å². The van der Waals surface area contributed by atoms with E-state index in [9.17, 15) is 13.6 Å². The number of carbonyl (C=O) groups excluding carboxylic acids is 1. The van der Waals surface area contributed by atoms with E-state index in [4.69, 9.17) is 10.5 Å². The molecule has 0 saturated heterocycles. The van der Waals surface area contributed by atoms with Crippen LogP contribution in [0, 0.1) is 6.92 Å². The fourth-order valence-electron chi connectivity index (χ4n) is 1.61. The average Bonchev–Trinajstić information content (AvgIpc) is 2.31. The summed E-state index contributed by atoms with van der Waals surface area (Å²) in [5, 5.41) is 0. The molecule has 1 heterocycles. The van der Waals surface area contributed by atoms with Gasteiger partial charge in [0.2, 0.25) is 0 Å². The predicted molar refractivity (Wildman–Crippen MR) is 62.2 cm³/mol. The van der Waals surface area contributed by atoms with Crippen molar-refractivity contribution >= 4 is 5.97 Å². The highest BCUT2D eigenvalue weighted by atomic mass is 19.3. The third-order valence-corrected chi connectivity index (χ3v) is 2.50. The summed E-state index contributed by atoms with van der Waals surface area (Å²) in [5.74, 6) is -0.407. The molecule has 4 nitrogen and oxygen atoms in total. The zero-order chi connectivity index (χ0) is 13.7. The molecule has 0 unspecified atom stereocenters. The number of carbonyl (C=O) groups is 1. The number of esters is 1. The molecule has 0 aliphatic rings. The average molecular weight is 258 g/mol. The molecule has 0 saturated carbocycles. The maximum atomic E-state index is 12.7. The van der Waals surface area contributed by atoms with Crippen LogP contribution in [0.25, 0.3) is 0 Å². The minimum absolute atomic E-state index is 0.0171. The molecule has 0 amide bonds. The van der Waals surface area contributed by atoms with Crippen LogP contribution in [-0.2, 0) is 22.5 Å². The molecule has 100 valence electrons. The molecule has 0 aliphatic heterocycles. The van der Waals surface area contributed by atoms with E-state index in [1.807, 2.05) is 0 Å². The molecule has 0 spiro atoms. The molecule has 0 aliphatic carbocycles. The smallest absolute Gasteiger partial charge is 0.310 e. The van der Waals surface area contributed by atoms with Crippen LogP contribution in [0.1, 0.15) is 35.9 Å². The molecule has 1 aromatic rings. The first-order valence-electron chi connectivity index (χ1n) is 5.62. The summed E-state index contributed by atoms with van der Waals surface area (Å²) in [5.41, 5.74) is 6.32. The van der Waals surface area contributed by atoms with Crippen molar-refractivity contribution in [1.29, 1.82) is 0 Å². The van der Waals surface area contributed by atoms with Crippen LogP contribution < -0.4 is 5.73 Å². The Bertz CT molecular complexity index is 436. The van der Waals surface area contributed by atoms with Gasteiger partial charge in [0.05, 0.1) is 13.0 Å². The van der Waals surface area contributed by atoms with Crippen LogP contribution in [0.3, 0.4) is 0 Å². The number of hydrogen-bond acceptors (Lipinski definition) is 4. The Labute approximate surface area is 104 Å². The minimum Gasteiger partial charge on any atom is -0.466 e. The van der Waals surface area contributed by atoms with Crippen molar-refractivity contribution in [3.05, 3.63) is 28.6 Å². The van der Waals surface area contributed by atoms with Crippen LogP contribution in [0.5, 0.6) is 0 Å². The standard InChI is InChI=1S/C12H16F2N2O2/c1-3-18-10(17)5-8-4-9(6-15)11(12(13)14)16-7(8)2/h4,12H,3,5-6,15H2,1-2H3. The Morgan fingerprint density at radius 1 is 1.50 bits per heavy atom. The van der Waals surface area contributed by atoms with Gasteiger partial charge in [-0.05, 0) is 25.0 Å². The van der Waals surface area contributed by atoms with Crippen LogP contribution in [0.15, 0.2) is 6.07 Å². The first-order valence-corrected chi connectivity index (χ1v) is 5.62. The van der Waals surface area contributed by atoms with Crippen molar-refractivity contribution in [2.75, 3.05) is 6.61 Å². The third kappa shape index (κ3) is 3.46. The number of hydrogen-bond donors (Lipinski definition) is 1. The van der Waals surface area contributed by atoms with Gasteiger partial charge in [-0.1, -0.05) is 6.07 Å². The van der Waals surface area contributed by atoms with Crippen LogP contribution in [0.4, 0.5) is 8.78 Å². The van der Waals surface area contributed by atoms with E-state index in [1.54, 1.807) is 13.8 Å². The van der Waals surface area contributed by atoms with Gasteiger partial charge in [0.15, 0.2) is 0 Å². The third-order valence-electron chi connectivity index (χ3n) is 2.50. The van der Waals surface area contributed by atoms with Gasteiger partial charge in [0.1, 0.15) is 5.69 Å². The molecule has 1 rings (SSSR count). The van der Waals surface area contributed by atoms with Crippen molar-refractivity contribution in [3.63, 3.8) is 0 Å². The van der Waals surface area contributed by atoms with Crippen LogP contribution in [0.2, 0.25) is 0 Å². The van der Waals surface area contributed by atoms with E-state index in [0.717, 1.165) is 0 Å². The van der Waals surface area contributed by atoms with E-state index in [2.05, 4.69) is 4.98 Å². The number of alkyl halides is 2. The lowest BCUT2D eigenvalue weighted by molar-refractivity contribution is -0.142. The Morgan fingerprint density at radius 3 is 2.67 bits per heavy atom. The molecule has 18 heavy (non-hydrogen) atoms.